The number of para-hydroxylation sites is 1. The zero-order chi connectivity index (χ0) is 28.8. The van der Waals surface area contributed by atoms with Crippen molar-refractivity contribution in [3.63, 3.8) is 0 Å². The summed E-state index contributed by atoms with van der Waals surface area (Å²) in [5.41, 5.74) is 5.37. The van der Waals surface area contributed by atoms with E-state index in [1.54, 1.807) is 6.07 Å². The van der Waals surface area contributed by atoms with E-state index < -0.39 is 0 Å². The van der Waals surface area contributed by atoms with Crippen molar-refractivity contribution in [3.8, 4) is 5.75 Å². The predicted molar refractivity (Wildman–Crippen MR) is 171 cm³/mol. The first kappa shape index (κ1) is 29.1. The van der Waals surface area contributed by atoms with E-state index in [1.807, 2.05) is 37.7 Å². The van der Waals surface area contributed by atoms with E-state index in [0.29, 0.717) is 0 Å². The van der Waals surface area contributed by atoms with Crippen LogP contribution in [0.5, 0.6) is 5.75 Å². The van der Waals surface area contributed by atoms with Gasteiger partial charge in [0, 0.05) is 48.3 Å². The molecule has 41 heavy (non-hydrogen) atoms. The van der Waals surface area contributed by atoms with Crippen LogP contribution in [0.3, 0.4) is 0 Å². The molecule has 1 aliphatic carbocycles. The summed E-state index contributed by atoms with van der Waals surface area (Å²) in [4.78, 5) is 18.2. The molecule has 0 spiro atoms. The van der Waals surface area contributed by atoms with Crippen LogP contribution >= 0.6 is 11.8 Å². The second-order valence-corrected chi connectivity index (χ2v) is 12.7. The van der Waals surface area contributed by atoms with Crippen molar-refractivity contribution in [2.75, 3.05) is 29.5 Å². The van der Waals surface area contributed by atoms with Gasteiger partial charge in [-0.2, -0.15) is 11.8 Å². The number of phenols is 1. The molecule has 216 valence electrons. The first-order chi connectivity index (χ1) is 19.9. The molecule has 1 aliphatic heterocycles. The minimum Gasteiger partial charge on any atom is -0.508 e. The normalized spacial score (nSPS) is 19.8. The molecule has 3 atom stereocenters. The number of aryl methyl sites for hydroxylation is 1. The molecule has 1 heterocycles. The van der Waals surface area contributed by atoms with Gasteiger partial charge in [-0.3, -0.25) is 4.79 Å². The van der Waals surface area contributed by atoms with E-state index in [9.17, 15) is 9.90 Å². The minimum atomic E-state index is -0.247. The molecule has 3 aromatic carbocycles. The van der Waals surface area contributed by atoms with E-state index in [1.165, 1.54) is 11.1 Å². The molecule has 1 saturated heterocycles. The zero-order valence-electron chi connectivity index (χ0n) is 24.4. The fourth-order valence-corrected chi connectivity index (χ4v) is 7.15. The van der Waals surface area contributed by atoms with E-state index in [2.05, 4.69) is 76.3 Å². The van der Waals surface area contributed by atoms with Crippen LogP contribution in [0, 0.1) is 12.8 Å². The maximum Gasteiger partial charge on any atom is 0.224 e. The summed E-state index contributed by atoms with van der Waals surface area (Å²) in [6.45, 7) is 11.2. The third-order valence-electron chi connectivity index (χ3n) is 8.62. The second-order valence-electron chi connectivity index (χ2n) is 11.5. The summed E-state index contributed by atoms with van der Waals surface area (Å²) in [6.07, 6.45) is 4.11. The van der Waals surface area contributed by atoms with Crippen molar-refractivity contribution >= 4 is 23.4 Å². The number of aromatic hydroxyl groups is 1. The quantitative estimate of drug-likeness (QED) is 0.282. The Balaban J connectivity index is 1.29. The average Bonchev–Trinajstić information content (AvgIpc) is 3.00. The predicted octanol–water partition coefficient (Wildman–Crippen LogP) is 7.38. The number of benzene rings is 3. The number of carbonyl (C=O) groups excluding carboxylic acids is 1. The van der Waals surface area contributed by atoms with E-state index >= 15 is 0 Å². The SMILES string of the molecule is C=C(N1CCSCC1)N(Cc1ccc([C@H]2CCCC[C@@H]2C(=O)N[C@@H](C)c2ccc(C)cc2O)cc1)c1ccccc1. The highest BCUT2D eigenvalue weighted by atomic mass is 32.2. The van der Waals surface area contributed by atoms with Gasteiger partial charge in [0.15, 0.2) is 0 Å². The van der Waals surface area contributed by atoms with Crippen LogP contribution in [-0.2, 0) is 11.3 Å². The number of amides is 1. The lowest BCUT2D eigenvalue weighted by molar-refractivity contribution is -0.127. The van der Waals surface area contributed by atoms with Gasteiger partial charge in [0.2, 0.25) is 5.91 Å². The van der Waals surface area contributed by atoms with Gasteiger partial charge >= 0.3 is 0 Å². The number of thioether (sulfide) groups is 1. The zero-order valence-corrected chi connectivity index (χ0v) is 25.2. The maximum absolute atomic E-state index is 13.5. The Kier molecular flexibility index (Phi) is 9.60. The highest BCUT2D eigenvalue weighted by Gasteiger charge is 2.33. The molecule has 5 rings (SSSR count). The van der Waals surface area contributed by atoms with E-state index in [-0.39, 0.29) is 29.5 Å². The maximum atomic E-state index is 13.5. The molecule has 1 saturated carbocycles. The molecular formula is C35H43N3O2S. The monoisotopic (exact) mass is 569 g/mol. The Labute approximate surface area is 249 Å². The number of rotatable bonds is 9. The van der Waals surface area contributed by atoms with Gasteiger partial charge in [0.25, 0.3) is 0 Å². The molecule has 3 aromatic rings. The molecule has 1 amide bonds. The summed E-state index contributed by atoms with van der Waals surface area (Å²) < 4.78 is 0. The van der Waals surface area contributed by atoms with E-state index in [4.69, 9.17) is 0 Å². The van der Waals surface area contributed by atoms with Gasteiger partial charge in [-0.1, -0.05) is 74.0 Å². The summed E-state index contributed by atoms with van der Waals surface area (Å²) >= 11 is 2.01. The largest absolute Gasteiger partial charge is 0.508 e. The molecule has 2 aliphatic rings. The third-order valence-corrected chi connectivity index (χ3v) is 9.56. The van der Waals surface area contributed by atoms with Crippen LogP contribution in [-0.4, -0.2) is 40.5 Å². The molecule has 2 fully saturated rings. The van der Waals surface area contributed by atoms with Crippen LogP contribution in [0.25, 0.3) is 0 Å². The first-order valence-corrected chi connectivity index (χ1v) is 16.1. The van der Waals surface area contributed by atoms with Crippen molar-refractivity contribution in [1.29, 1.82) is 0 Å². The van der Waals surface area contributed by atoms with Crippen molar-refractivity contribution in [3.05, 3.63) is 107 Å². The lowest BCUT2D eigenvalue weighted by atomic mass is 9.74. The van der Waals surface area contributed by atoms with Crippen molar-refractivity contribution in [1.82, 2.24) is 10.2 Å². The summed E-state index contributed by atoms with van der Waals surface area (Å²) in [5, 5.41) is 13.6. The molecule has 0 aromatic heterocycles. The molecular weight excluding hydrogens is 526 g/mol. The van der Waals surface area contributed by atoms with Gasteiger partial charge in [0.05, 0.1) is 6.04 Å². The number of carbonyl (C=O) groups is 1. The average molecular weight is 570 g/mol. The second kappa shape index (κ2) is 13.5. The fourth-order valence-electron chi connectivity index (χ4n) is 6.25. The lowest BCUT2D eigenvalue weighted by Crippen LogP contribution is -2.39. The number of hydrogen-bond donors (Lipinski definition) is 2. The topological polar surface area (TPSA) is 55.8 Å². The highest BCUT2D eigenvalue weighted by Crippen LogP contribution is 2.39. The van der Waals surface area contributed by atoms with E-state index in [0.717, 1.165) is 79.5 Å². The number of anilines is 1. The molecule has 2 N–H and O–H groups in total. The Morgan fingerprint density at radius 1 is 1.05 bits per heavy atom. The van der Waals surface area contributed by atoms with Gasteiger partial charge in [-0.25, -0.2) is 0 Å². The van der Waals surface area contributed by atoms with Crippen LogP contribution in [0.1, 0.15) is 66.8 Å². The fraction of sp³-hybridized carbons (Fsp3) is 0.400. The first-order valence-electron chi connectivity index (χ1n) is 14.9. The number of phenolic OH excluding ortho intramolecular Hbond substituents is 1. The molecule has 0 unspecified atom stereocenters. The number of hydrogen-bond acceptors (Lipinski definition) is 5. The summed E-state index contributed by atoms with van der Waals surface area (Å²) in [5.74, 6) is 3.77. The van der Waals surface area contributed by atoms with Crippen LogP contribution < -0.4 is 10.2 Å². The van der Waals surface area contributed by atoms with Gasteiger partial charge in [-0.05, 0) is 67.5 Å². The summed E-state index contributed by atoms with van der Waals surface area (Å²) in [6, 6.07) is 24.8. The molecule has 6 heteroatoms. The van der Waals surface area contributed by atoms with Crippen molar-refractivity contribution < 1.29 is 9.90 Å². The number of nitrogens with one attached hydrogen (secondary N) is 1. The number of nitrogens with zero attached hydrogens (tertiary/aromatic N) is 2. The highest BCUT2D eigenvalue weighted by molar-refractivity contribution is 7.99. The molecule has 5 nitrogen and oxygen atoms in total. The Morgan fingerprint density at radius 3 is 2.46 bits per heavy atom. The van der Waals surface area contributed by atoms with Crippen molar-refractivity contribution in [2.45, 2.75) is 58.0 Å². The van der Waals surface area contributed by atoms with Gasteiger partial charge in [0.1, 0.15) is 11.6 Å². The smallest absolute Gasteiger partial charge is 0.224 e. The van der Waals surface area contributed by atoms with Crippen LogP contribution in [0.4, 0.5) is 5.69 Å². The lowest BCUT2D eigenvalue weighted by Gasteiger charge is -2.37. The minimum absolute atomic E-state index is 0.0674. The third kappa shape index (κ3) is 7.10. The standard InChI is InChI=1S/C35H43N3O2S/c1-25-13-18-31(34(39)23-25)26(2)36-35(40)33-12-8-7-11-32(33)29-16-14-28(15-17-29)24-38(30-9-5-4-6-10-30)27(3)37-19-21-41-22-20-37/h4-6,9-10,13-18,23,26,32-33,39H,3,7-8,11-12,19-22,24H2,1-2H3,(H,36,40)/t26-,32+,33-/m0/s1. The van der Waals surface area contributed by atoms with Gasteiger partial charge in [-0.15, -0.1) is 0 Å². The molecule has 0 bridgehead atoms. The Hall–Kier alpha value is -3.38. The summed E-state index contributed by atoms with van der Waals surface area (Å²) in [7, 11) is 0. The van der Waals surface area contributed by atoms with Crippen LogP contribution in [0.2, 0.25) is 0 Å². The Bertz CT molecular complexity index is 1320. The molecule has 0 radical (unpaired) electrons. The van der Waals surface area contributed by atoms with Crippen molar-refractivity contribution in [2.24, 2.45) is 5.92 Å². The van der Waals surface area contributed by atoms with Crippen LogP contribution in [0.15, 0.2) is 85.2 Å². The van der Waals surface area contributed by atoms with Gasteiger partial charge < -0.3 is 20.2 Å². The Morgan fingerprint density at radius 2 is 1.76 bits per heavy atom.